The monoisotopic (exact) mass is 360 g/mol. The van der Waals surface area contributed by atoms with Gasteiger partial charge >= 0.3 is 5.97 Å². The summed E-state index contributed by atoms with van der Waals surface area (Å²) in [6, 6.07) is 13.7. The highest BCUT2D eigenvalue weighted by molar-refractivity contribution is 6.04. The van der Waals surface area contributed by atoms with Gasteiger partial charge in [0.15, 0.2) is 0 Å². The molecular weight excluding hydrogens is 340 g/mol. The lowest BCUT2D eigenvalue weighted by molar-refractivity contribution is -0.132. The zero-order valence-corrected chi connectivity index (χ0v) is 15.7. The number of nitriles is 1. The molecule has 0 bridgehead atoms. The molecule has 0 amide bonds. The summed E-state index contributed by atoms with van der Waals surface area (Å²) < 4.78 is 0. The van der Waals surface area contributed by atoms with Crippen LogP contribution in [0.5, 0.6) is 0 Å². The first-order valence-electron chi connectivity index (χ1n) is 8.39. The van der Waals surface area contributed by atoms with E-state index in [0.29, 0.717) is 11.1 Å². The molecule has 0 spiro atoms. The molecule has 0 atom stereocenters. The van der Waals surface area contributed by atoms with Gasteiger partial charge in [0.05, 0.1) is 11.0 Å². The van der Waals surface area contributed by atoms with Gasteiger partial charge in [0, 0.05) is 55.9 Å². The molecule has 27 heavy (non-hydrogen) atoms. The van der Waals surface area contributed by atoms with Crippen molar-refractivity contribution in [3.8, 4) is 6.07 Å². The van der Waals surface area contributed by atoms with Gasteiger partial charge in [0.1, 0.15) is 11.6 Å². The second-order valence-electron chi connectivity index (χ2n) is 6.70. The fourth-order valence-electron chi connectivity index (χ4n) is 2.99. The van der Waals surface area contributed by atoms with E-state index in [0.717, 1.165) is 27.7 Å². The molecule has 6 nitrogen and oxygen atoms in total. The van der Waals surface area contributed by atoms with Crippen LogP contribution in [0.25, 0.3) is 27.9 Å². The van der Waals surface area contributed by atoms with Crippen molar-refractivity contribution in [3.63, 3.8) is 0 Å². The van der Waals surface area contributed by atoms with Gasteiger partial charge in [0.25, 0.3) is 0 Å². The van der Waals surface area contributed by atoms with Gasteiger partial charge in [-0.1, -0.05) is 12.1 Å². The molecule has 0 unspecified atom stereocenters. The van der Waals surface area contributed by atoms with Gasteiger partial charge in [-0.2, -0.15) is 5.26 Å². The molecule has 0 fully saturated rings. The maximum absolute atomic E-state index is 11.4. The highest BCUT2D eigenvalue weighted by Gasteiger charge is 2.14. The fourth-order valence-corrected chi connectivity index (χ4v) is 2.99. The largest absolute Gasteiger partial charge is 0.477 e. The maximum Gasteiger partial charge on any atom is 0.346 e. The van der Waals surface area contributed by atoms with Crippen LogP contribution in [0.4, 0.5) is 11.4 Å². The van der Waals surface area contributed by atoms with Crippen molar-refractivity contribution in [1.29, 1.82) is 5.26 Å². The van der Waals surface area contributed by atoms with Crippen LogP contribution in [0.1, 0.15) is 5.56 Å². The number of hydrogen-bond donors (Lipinski definition) is 1. The first kappa shape index (κ1) is 18.2. The Morgan fingerprint density at radius 2 is 1.78 bits per heavy atom. The number of anilines is 2. The van der Waals surface area contributed by atoms with Gasteiger partial charge in [0.2, 0.25) is 0 Å². The van der Waals surface area contributed by atoms with E-state index in [1.54, 1.807) is 6.07 Å². The van der Waals surface area contributed by atoms with Gasteiger partial charge in [-0.05, 0) is 30.3 Å². The molecule has 0 aliphatic heterocycles. The summed E-state index contributed by atoms with van der Waals surface area (Å²) in [4.78, 5) is 20.0. The van der Waals surface area contributed by atoms with Crippen molar-refractivity contribution in [2.75, 3.05) is 38.0 Å². The summed E-state index contributed by atoms with van der Waals surface area (Å²) in [5.41, 5.74) is 3.60. The Balaban J connectivity index is 2.39. The molecule has 2 aromatic carbocycles. The van der Waals surface area contributed by atoms with Crippen LogP contribution in [0.2, 0.25) is 0 Å². The van der Waals surface area contributed by atoms with E-state index >= 15 is 0 Å². The number of benzene rings is 2. The van der Waals surface area contributed by atoms with Crippen LogP contribution in [-0.2, 0) is 4.79 Å². The Morgan fingerprint density at radius 1 is 1.07 bits per heavy atom. The predicted octanol–water partition coefficient (Wildman–Crippen LogP) is 3.51. The van der Waals surface area contributed by atoms with Crippen LogP contribution in [0.15, 0.2) is 42.0 Å². The van der Waals surface area contributed by atoms with Crippen LogP contribution in [0.3, 0.4) is 0 Å². The smallest absolute Gasteiger partial charge is 0.346 e. The number of fused-ring (bicyclic) bond motifs is 2. The zero-order chi connectivity index (χ0) is 19.7. The lowest BCUT2D eigenvalue weighted by atomic mass is 10.0. The first-order valence-corrected chi connectivity index (χ1v) is 8.39. The molecule has 136 valence electrons. The molecule has 3 aromatic rings. The highest BCUT2D eigenvalue weighted by Crippen LogP contribution is 2.32. The van der Waals surface area contributed by atoms with E-state index in [2.05, 4.69) is 0 Å². The van der Waals surface area contributed by atoms with Gasteiger partial charge in [-0.3, -0.25) is 0 Å². The van der Waals surface area contributed by atoms with E-state index < -0.39 is 5.97 Å². The molecule has 1 heterocycles. The minimum atomic E-state index is -1.25. The standard InChI is InChI=1S/C21H20N4O2/c1-24(2)16-7-5-13-9-14-6-8-19(25(3)4)17(10-15(12-22)21(26)27)20(14)23-18(13)11-16/h5-11H,1-4H3,(H,26,27)/b15-10+. The van der Waals surface area contributed by atoms with Crippen molar-refractivity contribution < 1.29 is 9.90 Å². The van der Waals surface area contributed by atoms with E-state index in [1.165, 1.54) is 6.08 Å². The predicted molar refractivity (Wildman–Crippen MR) is 109 cm³/mol. The second-order valence-corrected chi connectivity index (χ2v) is 6.70. The SMILES string of the molecule is CN(C)c1ccc2cc3ccc(N(C)C)c(/C=C(\C#N)C(=O)O)c3nc2c1. The third kappa shape index (κ3) is 3.40. The number of hydrogen-bond acceptors (Lipinski definition) is 5. The molecule has 0 radical (unpaired) electrons. The Kier molecular flexibility index (Phi) is 4.70. The Bertz CT molecular complexity index is 1120. The molecule has 1 N–H and O–H groups in total. The third-order valence-corrected chi connectivity index (χ3v) is 4.42. The summed E-state index contributed by atoms with van der Waals surface area (Å²) >= 11 is 0. The first-order chi connectivity index (χ1) is 12.8. The minimum Gasteiger partial charge on any atom is -0.477 e. The summed E-state index contributed by atoms with van der Waals surface area (Å²) in [6.07, 6.45) is 1.40. The highest BCUT2D eigenvalue weighted by atomic mass is 16.4. The molecule has 6 heteroatoms. The number of pyridine rings is 1. The second kappa shape index (κ2) is 6.96. The molecule has 3 rings (SSSR count). The average molecular weight is 360 g/mol. The number of aromatic nitrogens is 1. The zero-order valence-electron chi connectivity index (χ0n) is 15.7. The van der Waals surface area contributed by atoms with E-state index in [4.69, 9.17) is 4.98 Å². The average Bonchev–Trinajstić information content (AvgIpc) is 2.63. The number of rotatable bonds is 4. The van der Waals surface area contributed by atoms with Crippen molar-refractivity contribution in [2.45, 2.75) is 0 Å². The van der Waals surface area contributed by atoms with Crippen molar-refractivity contribution in [1.82, 2.24) is 4.98 Å². The lowest BCUT2D eigenvalue weighted by Gasteiger charge is -2.18. The van der Waals surface area contributed by atoms with Crippen molar-refractivity contribution in [2.24, 2.45) is 0 Å². The van der Waals surface area contributed by atoms with Crippen LogP contribution in [-0.4, -0.2) is 44.3 Å². The van der Waals surface area contributed by atoms with E-state index in [1.807, 2.05) is 74.4 Å². The Labute approximate surface area is 157 Å². The van der Waals surface area contributed by atoms with Crippen molar-refractivity contribution >= 4 is 45.2 Å². The summed E-state index contributed by atoms with van der Waals surface area (Å²) in [7, 11) is 7.67. The van der Waals surface area contributed by atoms with E-state index in [-0.39, 0.29) is 5.57 Å². The number of aliphatic carboxylic acids is 1. The summed E-state index contributed by atoms with van der Waals surface area (Å²) in [6.45, 7) is 0. The van der Waals surface area contributed by atoms with Gasteiger partial charge in [-0.15, -0.1) is 0 Å². The maximum atomic E-state index is 11.4. The number of carboxylic acids is 1. The minimum absolute atomic E-state index is 0.325. The van der Waals surface area contributed by atoms with Crippen LogP contribution >= 0.6 is 0 Å². The summed E-state index contributed by atoms with van der Waals surface area (Å²) in [5.74, 6) is -1.25. The molecule has 0 saturated carbocycles. The van der Waals surface area contributed by atoms with E-state index in [9.17, 15) is 15.2 Å². The molecular formula is C21H20N4O2. The summed E-state index contributed by atoms with van der Waals surface area (Å²) in [5, 5.41) is 20.4. The number of carbonyl (C=O) groups is 1. The van der Waals surface area contributed by atoms with Gasteiger partial charge in [-0.25, -0.2) is 9.78 Å². The van der Waals surface area contributed by atoms with Crippen LogP contribution < -0.4 is 9.80 Å². The van der Waals surface area contributed by atoms with Gasteiger partial charge < -0.3 is 14.9 Å². The molecule has 0 aliphatic carbocycles. The normalized spacial score (nSPS) is 11.4. The number of carboxylic acid groups (broad SMARTS) is 1. The molecule has 0 saturated heterocycles. The molecule has 0 aliphatic rings. The fraction of sp³-hybridized carbons (Fsp3) is 0.190. The number of nitrogens with zero attached hydrogens (tertiary/aromatic N) is 4. The quantitative estimate of drug-likeness (QED) is 0.436. The van der Waals surface area contributed by atoms with Crippen LogP contribution in [0, 0.1) is 11.3 Å². The molecule has 1 aromatic heterocycles. The topological polar surface area (TPSA) is 80.5 Å². The third-order valence-electron chi connectivity index (χ3n) is 4.42. The lowest BCUT2D eigenvalue weighted by Crippen LogP contribution is -2.11. The Morgan fingerprint density at radius 3 is 2.37 bits per heavy atom. The van der Waals surface area contributed by atoms with Crippen molar-refractivity contribution in [3.05, 3.63) is 47.5 Å². The Hall–Kier alpha value is -3.59.